The van der Waals surface area contributed by atoms with Crippen LogP contribution in [-0.4, -0.2) is 48.0 Å². The minimum absolute atomic E-state index is 0.107. The van der Waals surface area contributed by atoms with E-state index in [1.807, 2.05) is 11.8 Å². The number of aliphatic hydroxyl groups excluding tert-OH is 2. The zero-order chi connectivity index (χ0) is 9.40. The van der Waals surface area contributed by atoms with Crippen LogP contribution in [0.5, 0.6) is 0 Å². The van der Waals surface area contributed by atoms with Crippen LogP contribution in [0, 0.1) is 0 Å². The molecule has 0 spiro atoms. The highest BCUT2D eigenvalue weighted by atomic mass is 35.5. The van der Waals surface area contributed by atoms with Crippen molar-refractivity contribution in [2.24, 2.45) is 0 Å². The van der Waals surface area contributed by atoms with Gasteiger partial charge in [0.25, 0.3) is 0 Å². The van der Waals surface area contributed by atoms with Crippen molar-refractivity contribution in [2.75, 3.05) is 32.8 Å². The maximum Gasteiger partial charge on any atom is 0.0558 e. The SMILES string of the molecule is CC(=CCl)CN(CCO)CCO. The summed E-state index contributed by atoms with van der Waals surface area (Å²) in [6.07, 6.45) is 0. The molecule has 0 heterocycles. The van der Waals surface area contributed by atoms with E-state index in [9.17, 15) is 0 Å². The Labute approximate surface area is 78.3 Å². The predicted molar refractivity (Wildman–Crippen MR) is 50.2 cm³/mol. The topological polar surface area (TPSA) is 43.7 Å². The number of hydrogen-bond acceptors (Lipinski definition) is 3. The van der Waals surface area contributed by atoms with Crippen LogP contribution in [0.25, 0.3) is 0 Å². The fourth-order valence-electron chi connectivity index (χ4n) is 0.940. The molecule has 0 aliphatic rings. The summed E-state index contributed by atoms with van der Waals surface area (Å²) in [4.78, 5) is 1.94. The monoisotopic (exact) mass is 193 g/mol. The first-order valence-corrected chi connectivity index (χ1v) is 4.38. The van der Waals surface area contributed by atoms with Gasteiger partial charge in [0.1, 0.15) is 0 Å². The summed E-state index contributed by atoms with van der Waals surface area (Å²) < 4.78 is 0. The molecule has 2 N–H and O–H groups in total. The van der Waals surface area contributed by atoms with Crippen LogP contribution in [0.15, 0.2) is 11.1 Å². The van der Waals surface area contributed by atoms with E-state index in [1.54, 1.807) is 0 Å². The summed E-state index contributed by atoms with van der Waals surface area (Å²) >= 11 is 5.48. The van der Waals surface area contributed by atoms with Crippen LogP contribution < -0.4 is 0 Å². The lowest BCUT2D eigenvalue weighted by molar-refractivity contribution is 0.170. The van der Waals surface area contributed by atoms with Gasteiger partial charge in [-0.2, -0.15) is 0 Å². The van der Waals surface area contributed by atoms with Crippen LogP contribution in [0.3, 0.4) is 0 Å². The maximum absolute atomic E-state index is 8.67. The third kappa shape index (κ3) is 5.55. The van der Waals surface area contributed by atoms with E-state index < -0.39 is 0 Å². The number of rotatable bonds is 6. The van der Waals surface area contributed by atoms with E-state index in [2.05, 4.69) is 0 Å². The van der Waals surface area contributed by atoms with Gasteiger partial charge < -0.3 is 10.2 Å². The molecule has 0 saturated heterocycles. The smallest absolute Gasteiger partial charge is 0.0558 e. The van der Waals surface area contributed by atoms with Gasteiger partial charge in [-0.1, -0.05) is 11.6 Å². The molecule has 0 aliphatic heterocycles. The Balaban J connectivity index is 3.77. The highest BCUT2D eigenvalue weighted by Crippen LogP contribution is 1.99. The molecule has 72 valence electrons. The molecule has 0 rings (SSSR count). The largest absolute Gasteiger partial charge is 0.395 e. The first-order chi connectivity index (χ1) is 5.74. The molecule has 0 aromatic carbocycles. The Morgan fingerprint density at radius 2 is 1.83 bits per heavy atom. The quantitative estimate of drug-likeness (QED) is 0.643. The number of aliphatic hydroxyl groups is 2. The van der Waals surface area contributed by atoms with Gasteiger partial charge in [-0.3, -0.25) is 4.90 Å². The lowest BCUT2D eigenvalue weighted by Gasteiger charge is -2.19. The van der Waals surface area contributed by atoms with Gasteiger partial charge in [0.05, 0.1) is 13.2 Å². The Morgan fingerprint density at radius 1 is 1.33 bits per heavy atom. The molecule has 0 unspecified atom stereocenters. The highest BCUT2D eigenvalue weighted by Gasteiger charge is 2.02. The molecule has 0 fully saturated rings. The summed E-state index contributed by atoms with van der Waals surface area (Å²) in [7, 11) is 0. The molecule has 0 amide bonds. The first-order valence-electron chi connectivity index (χ1n) is 3.94. The zero-order valence-electron chi connectivity index (χ0n) is 7.33. The van der Waals surface area contributed by atoms with E-state index in [-0.39, 0.29) is 13.2 Å². The lowest BCUT2D eigenvalue weighted by atomic mass is 10.3. The van der Waals surface area contributed by atoms with Gasteiger partial charge in [-0.15, -0.1) is 0 Å². The van der Waals surface area contributed by atoms with Gasteiger partial charge >= 0.3 is 0 Å². The molecule has 3 nitrogen and oxygen atoms in total. The first kappa shape index (κ1) is 11.9. The summed E-state index contributed by atoms with van der Waals surface area (Å²) in [5.74, 6) is 0. The second kappa shape index (κ2) is 7.55. The van der Waals surface area contributed by atoms with Crippen molar-refractivity contribution in [1.29, 1.82) is 0 Å². The summed E-state index contributed by atoms with van der Waals surface area (Å²) in [5, 5.41) is 17.3. The zero-order valence-corrected chi connectivity index (χ0v) is 8.09. The average molecular weight is 194 g/mol. The molecule has 0 radical (unpaired) electrons. The number of hydrogen-bond donors (Lipinski definition) is 2. The second-order valence-corrected chi connectivity index (χ2v) is 2.90. The van der Waals surface area contributed by atoms with E-state index >= 15 is 0 Å². The minimum Gasteiger partial charge on any atom is -0.395 e. The molecule has 4 heteroatoms. The highest BCUT2D eigenvalue weighted by molar-refractivity contribution is 6.25. The van der Waals surface area contributed by atoms with Crippen LogP contribution in [0.2, 0.25) is 0 Å². The van der Waals surface area contributed by atoms with Gasteiger partial charge in [-0.25, -0.2) is 0 Å². The van der Waals surface area contributed by atoms with Crippen molar-refractivity contribution in [3.8, 4) is 0 Å². The van der Waals surface area contributed by atoms with Gasteiger partial charge in [0.2, 0.25) is 0 Å². The molecule has 0 aromatic heterocycles. The van der Waals surface area contributed by atoms with Crippen LogP contribution >= 0.6 is 11.6 Å². The minimum atomic E-state index is 0.107. The molecular formula is C8H16ClNO2. The Kier molecular flexibility index (Phi) is 7.50. The standard InChI is InChI=1S/C8H16ClNO2/c1-8(6-9)7-10(2-4-11)3-5-12/h6,11-12H,2-5,7H2,1H3. The van der Waals surface area contributed by atoms with Crippen molar-refractivity contribution >= 4 is 11.6 Å². The van der Waals surface area contributed by atoms with E-state index in [0.29, 0.717) is 19.6 Å². The molecule has 0 aromatic rings. The van der Waals surface area contributed by atoms with Crippen molar-refractivity contribution in [1.82, 2.24) is 4.90 Å². The molecular weight excluding hydrogens is 178 g/mol. The van der Waals surface area contributed by atoms with Crippen molar-refractivity contribution < 1.29 is 10.2 Å². The van der Waals surface area contributed by atoms with E-state index in [4.69, 9.17) is 21.8 Å². The van der Waals surface area contributed by atoms with Gasteiger partial charge in [0.15, 0.2) is 0 Å². The Bertz CT molecular complexity index is 133. The lowest BCUT2D eigenvalue weighted by Crippen LogP contribution is -2.31. The van der Waals surface area contributed by atoms with Gasteiger partial charge in [-0.05, 0) is 12.5 Å². The van der Waals surface area contributed by atoms with E-state index in [0.717, 1.165) is 5.57 Å². The molecule has 0 atom stereocenters. The van der Waals surface area contributed by atoms with Crippen LogP contribution in [-0.2, 0) is 0 Å². The predicted octanol–water partition coefficient (Wildman–Crippen LogP) is 0.416. The van der Waals surface area contributed by atoms with Crippen LogP contribution in [0.1, 0.15) is 6.92 Å². The fraction of sp³-hybridized carbons (Fsp3) is 0.750. The summed E-state index contributed by atoms with van der Waals surface area (Å²) in [5.41, 5.74) is 2.54. The maximum atomic E-state index is 8.67. The molecule has 0 bridgehead atoms. The molecule has 12 heavy (non-hydrogen) atoms. The van der Waals surface area contributed by atoms with Crippen molar-refractivity contribution in [3.63, 3.8) is 0 Å². The number of halogens is 1. The average Bonchev–Trinajstić information content (AvgIpc) is 2.05. The normalized spacial score (nSPS) is 12.6. The fourth-order valence-corrected chi connectivity index (χ4v) is 1.01. The third-order valence-electron chi connectivity index (χ3n) is 1.49. The number of nitrogens with zero attached hydrogens (tertiary/aromatic N) is 1. The summed E-state index contributed by atoms with van der Waals surface area (Å²) in [6.45, 7) is 3.97. The second-order valence-electron chi connectivity index (χ2n) is 2.68. The summed E-state index contributed by atoms with van der Waals surface area (Å²) in [6, 6.07) is 0. The van der Waals surface area contributed by atoms with Crippen LogP contribution in [0.4, 0.5) is 0 Å². The van der Waals surface area contributed by atoms with Crippen molar-refractivity contribution in [2.45, 2.75) is 6.92 Å². The van der Waals surface area contributed by atoms with Gasteiger partial charge in [0, 0.05) is 25.2 Å². The third-order valence-corrected chi connectivity index (χ3v) is 1.86. The Morgan fingerprint density at radius 3 is 2.17 bits per heavy atom. The Hall–Kier alpha value is -0.0900. The molecule has 0 saturated carbocycles. The van der Waals surface area contributed by atoms with Crippen molar-refractivity contribution in [3.05, 3.63) is 11.1 Å². The van der Waals surface area contributed by atoms with E-state index in [1.165, 1.54) is 5.54 Å². The molecule has 0 aliphatic carbocycles.